The van der Waals surface area contributed by atoms with Gasteiger partial charge in [0.05, 0.1) is 11.9 Å². The highest BCUT2D eigenvalue weighted by atomic mass is 16.5. The number of nitrogen functional groups attached to an aromatic ring is 1. The van der Waals surface area contributed by atoms with Crippen LogP contribution in [-0.2, 0) is 5.41 Å². The molecule has 4 heteroatoms. The molecule has 0 unspecified atom stereocenters. The van der Waals surface area contributed by atoms with Gasteiger partial charge in [-0.15, -0.1) is 0 Å². The third-order valence-corrected chi connectivity index (χ3v) is 3.14. The smallest absolute Gasteiger partial charge is 0.237 e. The fourth-order valence-electron chi connectivity index (χ4n) is 2.05. The van der Waals surface area contributed by atoms with Gasteiger partial charge in [-0.3, -0.25) is 0 Å². The van der Waals surface area contributed by atoms with Gasteiger partial charge in [-0.25, -0.2) is 4.98 Å². The van der Waals surface area contributed by atoms with E-state index >= 15 is 0 Å². The maximum absolute atomic E-state index is 9.17. The summed E-state index contributed by atoms with van der Waals surface area (Å²) in [5.74, 6) is 0.989. The maximum atomic E-state index is 9.17. The zero-order valence-corrected chi connectivity index (χ0v) is 12.8. The van der Waals surface area contributed by atoms with Crippen LogP contribution in [0.1, 0.15) is 37.5 Å². The number of pyridine rings is 1. The van der Waals surface area contributed by atoms with Gasteiger partial charge in [-0.05, 0) is 24.5 Å². The Hall–Kier alpha value is -2.54. The van der Waals surface area contributed by atoms with E-state index in [4.69, 9.17) is 15.7 Å². The number of anilines is 1. The maximum Gasteiger partial charge on any atom is 0.237 e. The second-order valence-corrected chi connectivity index (χ2v) is 6.08. The molecule has 0 bridgehead atoms. The Morgan fingerprint density at radius 1 is 1.24 bits per heavy atom. The molecule has 1 heterocycles. The first-order valence-corrected chi connectivity index (χ1v) is 6.76. The summed E-state index contributed by atoms with van der Waals surface area (Å²) < 4.78 is 5.88. The normalized spacial score (nSPS) is 11.0. The summed E-state index contributed by atoms with van der Waals surface area (Å²) in [7, 11) is 0. The SMILES string of the molecule is Cc1ccc(Oc2ncc(N)cc2C#N)c(C(C)(C)C)c1. The van der Waals surface area contributed by atoms with Crippen molar-refractivity contribution in [1.82, 2.24) is 4.98 Å². The van der Waals surface area contributed by atoms with Gasteiger partial charge in [-0.1, -0.05) is 38.5 Å². The van der Waals surface area contributed by atoms with Crippen molar-refractivity contribution in [3.63, 3.8) is 0 Å². The summed E-state index contributed by atoms with van der Waals surface area (Å²) in [6.07, 6.45) is 1.49. The Morgan fingerprint density at radius 3 is 2.57 bits per heavy atom. The molecule has 0 saturated carbocycles. The molecule has 1 aromatic carbocycles. The first kappa shape index (κ1) is 14.9. The highest BCUT2D eigenvalue weighted by Gasteiger charge is 2.20. The molecule has 2 N–H and O–H groups in total. The van der Waals surface area contributed by atoms with Crippen LogP contribution < -0.4 is 10.5 Å². The van der Waals surface area contributed by atoms with E-state index < -0.39 is 0 Å². The van der Waals surface area contributed by atoms with E-state index in [1.54, 1.807) is 6.07 Å². The number of benzene rings is 1. The molecule has 2 aromatic rings. The lowest BCUT2D eigenvalue weighted by atomic mass is 9.85. The molecule has 0 amide bonds. The molecule has 0 fully saturated rings. The van der Waals surface area contributed by atoms with Gasteiger partial charge in [0.25, 0.3) is 0 Å². The molecule has 0 radical (unpaired) electrons. The van der Waals surface area contributed by atoms with Crippen LogP contribution in [0.5, 0.6) is 11.6 Å². The average molecular weight is 281 g/mol. The molecular weight excluding hydrogens is 262 g/mol. The lowest BCUT2D eigenvalue weighted by Crippen LogP contribution is -2.13. The molecule has 4 nitrogen and oxygen atoms in total. The molecule has 0 aliphatic carbocycles. The number of aromatic nitrogens is 1. The van der Waals surface area contributed by atoms with E-state index in [2.05, 4.69) is 37.9 Å². The van der Waals surface area contributed by atoms with Gasteiger partial charge in [-0.2, -0.15) is 5.26 Å². The van der Waals surface area contributed by atoms with Crippen molar-refractivity contribution < 1.29 is 4.74 Å². The lowest BCUT2D eigenvalue weighted by molar-refractivity contribution is 0.438. The second kappa shape index (κ2) is 5.45. The van der Waals surface area contributed by atoms with E-state index in [1.165, 1.54) is 6.20 Å². The molecule has 0 aliphatic heterocycles. The van der Waals surface area contributed by atoms with Gasteiger partial charge in [0, 0.05) is 5.56 Å². The Kier molecular flexibility index (Phi) is 3.86. The van der Waals surface area contributed by atoms with E-state index in [9.17, 15) is 0 Å². The Balaban J connectivity index is 2.48. The van der Waals surface area contributed by atoms with Crippen LogP contribution in [0, 0.1) is 18.3 Å². The van der Waals surface area contributed by atoms with Gasteiger partial charge < -0.3 is 10.5 Å². The number of nitrogens with zero attached hydrogens (tertiary/aromatic N) is 2. The molecule has 21 heavy (non-hydrogen) atoms. The molecule has 1 aromatic heterocycles. The minimum Gasteiger partial charge on any atom is -0.437 e. The lowest BCUT2D eigenvalue weighted by Gasteiger charge is -2.23. The number of hydrogen-bond acceptors (Lipinski definition) is 4. The predicted molar refractivity (Wildman–Crippen MR) is 83.3 cm³/mol. The van der Waals surface area contributed by atoms with Crippen LogP contribution in [0.2, 0.25) is 0 Å². The van der Waals surface area contributed by atoms with E-state index in [0.29, 0.717) is 17.0 Å². The number of ether oxygens (including phenoxy) is 1. The number of hydrogen-bond donors (Lipinski definition) is 1. The summed E-state index contributed by atoms with van der Waals surface area (Å²) in [6, 6.07) is 9.61. The summed E-state index contributed by atoms with van der Waals surface area (Å²) >= 11 is 0. The first-order valence-electron chi connectivity index (χ1n) is 6.76. The zero-order chi connectivity index (χ0) is 15.6. The standard InChI is InChI=1S/C17H19N3O/c1-11-5-6-15(14(7-11)17(2,3)4)21-16-12(9-18)8-13(19)10-20-16/h5-8,10H,19H2,1-4H3. The number of rotatable bonds is 2. The molecular formula is C17H19N3O. The molecule has 0 saturated heterocycles. The Morgan fingerprint density at radius 2 is 1.95 bits per heavy atom. The fourth-order valence-corrected chi connectivity index (χ4v) is 2.05. The fraction of sp³-hybridized carbons (Fsp3) is 0.294. The van der Waals surface area contributed by atoms with Gasteiger partial charge >= 0.3 is 0 Å². The third-order valence-electron chi connectivity index (χ3n) is 3.14. The van der Waals surface area contributed by atoms with Crippen LogP contribution in [0.3, 0.4) is 0 Å². The van der Waals surface area contributed by atoms with Gasteiger partial charge in [0.2, 0.25) is 5.88 Å². The number of nitriles is 1. The highest BCUT2D eigenvalue weighted by molar-refractivity contribution is 5.51. The van der Waals surface area contributed by atoms with E-state index in [-0.39, 0.29) is 11.3 Å². The molecule has 0 spiro atoms. The molecule has 0 atom stereocenters. The summed E-state index contributed by atoms with van der Waals surface area (Å²) in [4.78, 5) is 4.12. The first-order chi connectivity index (χ1) is 9.81. The van der Waals surface area contributed by atoms with Crippen LogP contribution in [0.25, 0.3) is 0 Å². The summed E-state index contributed by atoms with van der Waals surface area (Å²) in [5, 5.41) is 9.17. The van der Waals surface area contributed by atoms with Gasteiger partial charge in [0.1, 0.15) is 17.4 Å². The Bertz CT molecular complexity index is 709. The number of nitrogens with two attached hydrogens (primary N) is 1. The van der Waals surface area contributed by atoms with Crippen molar-refractivity contribution in [2.75, 3.05) is 5.73 Å². The minimum atomic E-state index is -0.0675. The molecule has 108 valence electrons. The minimum absolute atomic E-state index is 0.0675. The van der Waals surface area contributed by atoms with Crippen molar-refractivity contribution in [2.24, 2.45) is 0 Å². The largest absolute Gasteiger partial charge is 0.437 e. The average Bonchev–Trinajstić information content (AvgIpc) is 2.41. The second-order valence-electron chi connectivity index (χ2n) is 6.08. The quantitative estimate of drug-likeness (QED) is 0.905. The van der Waals surface area contributed by atoms with E-state index in [0.717, 1.165) is 11.1 Å². The van der Waals surface area contributed by atoms with Crippen molar-refractivity contribution in [1.29, 1.82) is 5.26 Å². The topological polar surface area (TPSA) is 71.9 Å². The number of aryl methyl sites for hydroxylation is 1. The predicted octanol–water partition coefficient (Wildman–Crippen LogP) is 3.93. The van der Waals surface area contributed by atoms with Gasteiger partial charge in [0.15, 0.2) is 0 Å². The van der Waals surface area contributed by atoms with Crippen molar-refractivity contribution in [3.05, 3.63) is 47.2 Å². The molecule has 2 rings (SSSR count). The molecule has 0 aliphatic rings. The highest BCUT2D eigenvalue weighted by Crippen LogP contribution is 2.35. The van der Waals surface area contributed by atoms with Crippen LogP contribution in [0.4, 0.5) is 5.69 Å². The summed E-state index contributed by atoms with van der Waals surface area (Å²) in [5.41, 5.74) is 8.59. The monoisotopic (exact) mass is 281 g/mol. The zero-order valence-electron chi connectivity index (χ0n) is 12.8. The Labute approximate surface area is 125 Å². The third kappa shape index (κ3) is 3.32. The van der Waals surface area contributed by atoms with Crippen LogP contribution in [0.15, 0.2) is 30.5 Å². The van der Waals surface area contributed by atoms with Crippen LogP contribution >= 0.6 is 0 Å². The van der Waals surface area contributed by atoms with E-state index in [1.807, 2.05) is 19.1 Å². The van der Waals surface area contributed by atoms with Crippen molar-refractivity contribution >= 4 is 5.69 Å². The summed E-state index contributed by atoms with van der Waals surface area (Å²) in [6.45, 7) is 8.41. The van der Waals surface area contributed by atoms with Crippen molar-refractivity contribution in [2.45, 2.75) is 33.1 Å². The van der Waals surface area contributed by atoms with Crippen LogP contribution in [-0.4, -0.2) is 4.98 Å². The van der Waals surface area contributed by atoms with Crippen molar-refractivity contribution in [3.8, 4) is 17.7 Å².